The molecule has 2 aromatic rings. The largest absolute Gasteiger partial charge is 0.306 e. The van der Waals surface area contributed by atoms with Crippen LogP contribution in [0.25, 0.3) is 0 Å². The van der Waals surface area contributed by atoms with Crippen LogP contribution in [-0.2, 0) is 18.5 Å². The maximum Gasteiger partial charge on any atom is 0.128 e. The van der Waals surface area contributed by atoms with Crippen LogP contribution in [0.2, 0.25) is 0 Å². The SMILES string of the molecule is CN1CCC(Cc2cccc(CN(C)C3(c4ccccc4F)CCCC3)c2)CC1.Cl.Cl. The van der Waals surface area contributed by atoms with Crippen molar-refractivity contribution in [3.05, 3.63) is 71.0 Å². The molecule has 1 saturated heterocycles. The maximum absolute atomic E-state index is 14.7. The summed E-state index contributed by atoms with van der Waals surface area (Å²) in [5.74, 6) is 0.746. The number of nitrogens with zero attached hydrogens (tertiary/aromatic N) is 2. The molecule has 0 amide bonds. The van der Waals surface area contributed by atoms with Gasteiger partial charge < -0.3 is 4.90 Å². The summed E-state index contributed by atoms with van der Waals surface area (Å²) >= 11 is 0. The average Bonchev–Trinajstić information content (AvgIpc) is 3.21. The molecule has 2 aromatic carbocycles. The second-order valence-electron chi connectivity index (χ2n) is 9.35. The van der Waals surface area contributed by atoms with E-state index in [4.69, 9.17) is 0 Å². The zero-order valence-electron chi connectivity index (χ0n) is 18.9. The Morgan fingerprint density at radius 2 is 1.61 bits per heavy atom. The van der Waals surface area contributed by atoms with Gasteiger partial charge in [-0.2, -0.15) is 0 Å². The molecule has 5 heteroatoms. The molecule has 0 radical (unpaired) electrons. The van der Waals surface area contributed by atoms with Crippen molar-refractivity contribution in [3.8, 4) is 0 Å². The van der Waals surface area contributed by atoms with Gasteiger partial charge in [0, 0.05) is 17.6 Å². The predicted octanol–water partition coefficient (Wildman–Crippen LogP) is 6.45. The summed E-state index contributed by atoms with van der Waals surface area (Å²) in [6.07, 6.45) is 8.22. The van der Waals surface area contributed by atoms with Gasteiger partial charge in [0.2, 0.25) is 0 Å². The lowest BCUT2D eigenvalue weighted by atomic mass is 9.85. The fourth-order valence-corrected chi connectivity index (χ4v) is 5.53. The topological polar surface area (TPSA) is 6.48 Å². The van der Waals surface area contributed by atoms with Gasteiger partial charge in [-0.15, -0.1) is 24.8 Å². The van der Waals surface area contributed by atoms with Gasteiger partial charge in [-0.25, -0.2) is 4.39 Å². The Balaban J connectivity index is 0.00000171. The Bertz CT molecular complexity index is 815. The molecule has 2 fully saturated rings. The van der Waals surface area contributed by atoms with Crippen molar-refractivity contribution in [2.45, 2.75) is 57.0 Å². The minimum Gasteiger partial charge on any atom is -0.306 e. The third-order valence-corrected chi connectivity index (χ3v) is 7.31. The van der Waals surface area contributed by atoms with Crippen LogP contribution in [0.1, 0.15) is 55.2 Å². The Hall–Kier alpha value is -1.13. The van der Waals surface area contributed by atoms with Gasteiger partial charge in [-0.3, -0.25) is 4.90 Å². The van der Waals surface area contributed by atoms with E-state index in [-0.39, 0.29) is 36.2 Å². The summed E-state index contributed by atoms with van der Waals surface area (Å²) in [5, 5.41) is 0. The molecule has 0 atom stereocenters. The number of hydrogen-bond acceptors (Lipinski definition) is 2. The summed E-state index contributed by atoms with van der Waals surface area (Å²) in [4.78, 5) is 4.85. The first-order valence-corrected chi connectivity index (χ1v) is 11.3. The van der Waals surface area contributed by atoms with Gasteiger partial charge in [0.15, 0.2) is 0 Å². The normalized spacial score (nSPS) is 19.1. The van der Waals surface area contributed by atoms with Crippen molar-refractivity contribution in [2.75, 3.05) is 27.2 Å². The third kappa shape index (κ3) is 6.01. The Labute approximate surface area is 200 Å². The smallest absolute Gasteiger partial charge is 0.128 e. The molecule has 31 heavy (non-hydrogen) atoms. The lowest BCUT2D eigenvalue weighted by molar-refractivity contribution is 0.110. The summed E-state index contributed by atoms with van der Waals surface area (Å²) in [6, 6.07) is 16.5. The Morgan fingerprint density at radius 3 is 2.29 bits per heavy atom. The minimum atomic E-state index is -0.171. The fourth-order valence-electron chi connectivity index (χ4n) is 5.53. The monoisotopic (exact) mass is 466 g/mol. The molecule has 4 rings (SSSR count). The van der Waals surface area contributed by atoms with E-state index in [1.807, 2.05) is 12.1 Å². The van der Waals surface area contributed by atoms with E-state index in [1.165, 1.54) is 56.3 Å². The highest BCUT2D eigenvalue weighted by Crippen LogP contribution is 2.44. The summed E-state index contributed by atoms with van der Waals surface area (Å²) in [5.41, 5.74) is 3.51. The van der Waals surface area contributed by atoms with Crippen LogP contribution in [0.3, 0.4) is 0 Å². The molecule has 0 N–H and O–H groups in total. The highest BCUT2D eigenvalue weighted by atomic mass is 35.5. The van der Waals surface area contributed by atoms with Crippen molar-refractivity contribution in [2.24, 2.45) is 5.92 Å². The molecule has 0 bridgehead atoms. The van der Waals surface area contributed by atoms with Crippen molar-refractivity contribution < 1.29 is 4.39 Å². The standard InChI is InChI=1S/C26H35FN2.2ClH/c1-28-16-12-21(13-17-28)18-22-8-7-9-23(19-22)20-29(2)26(14-5-6-15-26)24-10-3-4-11-25(24)27;;/h3-4,7-11,19,21H,5-6,12-18,20H2,1-2H3;2*1H. The first-order valence-electron chi connectivity index (χ1n) is 11.3. The van der Waals surface area contributed by atoms with E-state index in [9.17, 15) is 4.39 Å². The Morgan fingerprint density at radius 1 is 0.968 bits per heavy atom. The number of rotatable bonds is 6. The fraction of sp³-hybridized carbons (Fsp3) is 0.538. The molecule has 0 spiro atoms. The number of likely N-dealkylation sites (tertiary alicyclic amines) is 1. The molecule has 0 unspecified atom stereocenters. The van der Waals surface area contributed by atoms with E-state index in [1.54, 1.807) is 12.1 Å². The van der Waals surface area contributed by atoms with Crippen molar-refractivity contribution in [3.63, 3.8) is 0 Å². The molecule has 172 valence electrons. The van der Waals surface area contributed by atoms with Gasteiger partial charge in [0.05, 0.1) is 0 Å². The molecule has 1 heterocycles. The lowest BCUT2D eigenvalue weighted by Crippen LogP contribution is -2.41. The first kappa shape index (κ1) is 26.1. The van der Waals surface area contributed by atoms with Crippen LogP contribution in [-0.4, -0.2) is 37.0 Å². The number of hydrogen-bond donors (Lipinski definition) is 0. The van der Waals surface area contributed by atoms with Gasteiger partial charge in [0.1, 0.15) is 5.82 Å². The quantitative estimate of drug-likeness (QED) is 0.482. The van der Waals surface area contributed by atoms with Crippen LogP contribution in [0.15, 0.2) is 48.5 Å². The molecule has 1 aliphatic heterocycles. The van der Waals surface area contributed by atoms with Gasteiger partial charge in [-0.05, 0) is 82.4 Å². The zero-order chi connectivity index (χ0) is 20.3. The molecule has 1 saturated carbocycles. The van der Waals surface area contributed by atoms with Crippen molar-refractivity contribution >= 4 is 24.8 Å². The molecule has 1 aliphatic carbocycles. The lowest BCUT2D eigenvalue weighted by Gasteiger charge is -2.40. The summed E-state index contributed by atoms with van der Waals surface area (Å²) in [7, 11) is 4.41. The first-order chi connectivity index (χ1) is 14.1. The predicted molar refractivity (Wildman–Crippen MR) is 133 cm³/mol. The van der Waals surface area contributed by atoms with Gasteiger partial charge >= 0.3 is 0 Å². The van der Waals surface area contributed by atoms with Crippen LogP contribution in [0, 0.1) is 11.7 Å². The average molecular weight is 468 g/mol. The summed E-state index contributed by atoms with van der Waals surface area (Å²) < 4.78 is 14.7. The summed E-state index contributed by atoms with van der Waals surface area (Å²) in [6.45, 7) is 3.31. The third-order valence-electron chi connectivity index (χ3n) is 7.31. The van der Waals surface area contributed by atoms with Crippen LogP contribution >= 0.6 is 24.8 Å². The molecule has 0 aromatic heterocycles. The highest BCUT2D eigenvalue weighted by molar-refractivity contribution is 5.85. The van der Waals surface area contributed by atoms with Gasteiger partial charge in [-0.1, -0.05) is 55.3 Å². The van der Waals surface area contributed by atoms with Gasteiger partial charge in [0.25, 0.3) is 0 Å². The van der Waals surface area contributed by atoms with E-state index in [2.05, 4.69) is 48.2 Å². The maximum atomic E-state index is 14.7. The van der Waals surface area contributed by atoms with E-state index in [0.29, 0.717) is 0 Å². The highest BCUT2D eigenvalue weighted by Gasteiger charge is 2.41. The number of halogens is 3. The van der Waals surface area contributed by atoms with E-state index >= 15 is 0 Å². The molecule has 2 aliphatic rings. The van der Waals surface area contributed by atoms with E-state index in [0.717, 1.165) is 30.9 Å². The zero-order valence-corrected chi connectivity index (χ0v) is 20.5. The van der Waals surface area contributed by atoms with E-state index < -0.39 is 0 Å². The Kier molecular flexibility index (Phi) is 9.82. The van der Waals surface area contributed by atoms with Crippen molar-refractivity contribution in [1.29, 1.82) is 0 Å². The number of benzene rings is 2. The number of piperidine rings is 1. The van der Waals surface area contributed by atoms with Crippen molar-refractivity contribution in [1.82, 2.24) is 9.80 Å². The van der Waals surface area contributed by atoms with Crippen LogP contribution < -0.4 is 0 Å². The molecular formula is C26H37Cl2FN2. The molecule has 2 nitrogen and oxygen atoms in total. The molecular weight excluding hydrogens is 430 g/mol. The second-order valence-corrected chi connectivity index (χ2v) is 9.35. The minimum absolute atomic E-state index is 0. The van der Waals surface area contributed by atoms with Crippen LogP contribution in [0.4, 0.5) is 4.39 Å². The van der Waals surface area contributed by atoms with Crippen LogP contribution in [0.5, 0.6) is 0 Å². The second kappa shape index (κ2) is 11.7.